The summed E-state index contributed by atoms with van der Waals surface area (Å²) >= 11 is 1.32. The van der Waals surface area contributed by atoms with E-state index >= 15 is 0 Å². The smallest absolute Gasteiger partial charge is 0.264 e. The predicted octanol–water partition coefficient (Wildman–Crippen LogP) is 3.39. The number of carbonyl (C=O) groups excluding carboxylic acids is 1. The quantitative estimate of drug-likeness (QED) is 0.679. The van der Waals surface area contributed by atoms with Gasteiger partial charge < -0.3 is 16.0 Å². The van der Waals surface area contributed by atoms with Gasteiger partial charge in [0.05, 0.1) is 11.7 Å². The van der Waals surface area contributed by atoms with Crippen LogP contribution in [0.5, 0.6) is 0 Å². The Morgan fingerprint density at radius 2 is 2.12 bits per heavy atom. The Bertz CT molecular complexity index is 876. The van der Waals surface area contributed by atoms with Gasteiger partial charge in [-0.25, -0.2) is 9.97 Å². The second-order valence-corrected chi connectivity index (χ2v) is 7.81. The minimum Gasteiger partial charge on any atom is -0.397 e. The van der Waals surface area contributed by atoms with Gasteiger partial charge in [-0.15, -0.1) is 11.3 Å². The van der Waals surface area contributed by atoms with Crippen LogP contribution >= 0.6 is 11.3 Å². The zero-order valence-electron chi connectivity index (χ0n) is 14.2. The van der Waals surface area contributed by atoms with Gasteiger partial charge in [0.1, 0.15) is 15.5 Å². The molecule has 3 aromatic rings. The second kappa shape index (κ2) is 5.90. The molecular weight excluding hydrogens is 322 g/mol. The molecule has 24 heavy (non-hydrogen) atoms. The summed E-state index contributed by atoms with van der Waals surface area (Å²) in [4.78, 5) is 25.7. The van der Waals surface area contributed by atoms with Crippen LogP contribution in [0.2, 0.25) is 0 Å². The molecule has 0 bridgehead atoms. The zero-order valence-corrected chi connectivity index (χ0v) is 15.0. The van der Waals surface area contributed by atoms with Crippen LogP contribution in [0, 0.1) is 0 Å². The summed E-state index contributed by atoms with van der Waals surface area (Å²) in [5, 5.41) is 3.74. The van der Waals surface area contributed by atoms with Crippen LogP contribution in [-0.2, 0) is 5.41 Å². The highest BCUT2D eigenvalue weighted by Crippen LogP contribution is 2.34. The van der Waals surface area contributed by atoms with E-state index in [1.807, 2.05) is 19.1 Å². The van der Waals surface area contributed by atoms with Crippen LogP contribution in [0.15, 0.2) is 24.5 Å². The summed E-state index contributed by atoms with van der Waals surface area (Å²) in [6.07, 6.45) is 3.38. The maximum absolute atomic E-state index is 12.6. The number of aromatic amines is 1. The van der Waals surface area contributed by atoms with Crippen LogP contribution in [0.25, 0.3) is 10.2 Å². The van der Waals surface area contributed by atoms with Crippen molar-refractivity contribution in [2.45, 2.75) is 39.2 Å². The van der Waals surface area contributed by atoms with Crippen molar-refractivity contribution in [1.29, 1.82) is 0 Å². The summed E-state index contributed by atoms with van der Waals surface area (Å²) in [5.74, 6) is 0.493. The molecule has 0 radical (unpaired) electrons. The van der Waals surface area contributed by atoms with Crippen LogP contribution in [-0.4, -0.2) is 20.9 Å². The van der Waals surface area contributed by atoms with Crippen molar-refractivity contribution in [3.63, 3.8) is 0 Å². The lowest BCUT2D eigenvalue weighted by Crippen LogP contribution is -2.27. The van der Waals surface area contributed by atoms with Gasteiger partial charge in [-0.3, -0.25) is 4.79 Å². The largest absolute Gasteiger partial charge is 0.397 e. The summed E-state index contributed by atoms with van der Waals surface area (Å²) in [6, 6.07) is 3.69. The third-order valence-corrected chi connectivity index (χ3v) is 4.96. The van der Waals surface area contributed by atoms with E-state index in [1.165, 1.54) is 11.3 Å². The fourth-order valence-electron chi connectivity index (χ4n) is 2.43. The number of amides is 1. The Hall–Kier alpha value is -2.41. The highest BCUT2D eigenvalue weighted by molar-refractivity contribution is 7.21. The number of H-pyrrole nitrogens is 1. The van der Waals surface area contributed by atoms with Crippen molar-refractivity contribution >= 4 is 33.1 Å². The van der Waals surface area contributed by atoms with E-state index in [2.05, 4.69) is 41.0 Å². The number of nitrogens with one attached hydrogen (secondary N) is 2. The number of aromatic nitrogens is 3. The molecule has 0 spiro atoms. The van der Waals surface area contributed by atoms with Crippen LogP contribution in [0.1, 0.15) is 54.9 Å². The monoisotopic (exact) mass is 343 g/mol. The Morgan fingerprint density at radius 3 is 2.75 bits per heavy atom. The van der Waals surface area contributed by atoms with Gasteiger partial charge in [-0.2, -0.15) is 0 Å². The van der Waals surface area contributed by atoms with E-state index in [-0.39, 0.29) is 17.4 Å². The molecule has 7 heteroatoms. The van der Waals surface area contributed by atoms with Crippen molar-refractivity contribution in [3.05, 3.63) is 40.9 Å². The lowest BCUT2D eigenvalue weighted by Gasteiger charge is -2.17. The molecule has 0 unspecified atom stereocenters. The summed E-state index contributed by atoms with van der Waals surface area (Å²) < 4.78 is 0. The molecule has 0 saturated heterocycles. The second-order valence-electron chi connectivity index (χ2n) is 6.81. The molecule has 0 aliphatic rings. The Kier molecular flexibility index (Phi) is 4.04. The normalized spacial score (nSPS) is 13.2. The number of thiophene rings is 1. The average Bonchev–Trinajstić information content (AvgIpc) is 3.14. The van der Waals surface area contributed by atoms with Crippen molar-refractivity contribution in [2.75, 3.05) is 5.73 Å². The Labute approximate surface area is 144 Å². The number of carbonyl (C=O) groups is 1. The van der Waals surface area contributed by atoms with Crippen molar-refractivity contribution in [2.24, 2.45) is 0 Å². The van der Waals surface area contributed by atoms with E-state index in [1.54, 1.807) is 12.4 Å². The van der Waals surface area contributed by atoms with Crippen molar-refractivity contribution in [3.8, 4) is 0 Å². The first-order chi connectivity index (χ1) is 11.3. The minimum atomic E-state index is -0.227. The standard InChI is InChI=1S/C17H21N5OS/c1-9(14-19-7-8-20-14)21-15(23)13-12(18)10-5-6-11(17(2,3)4)22-16(10)24-13/h5-9H,18H2,1-4H3,(H,19,20)(H,21,23)/t9-/m1/s1. The number of rotatable bonds is 3. The number of pyridine rings is 1. The van der Waals surface area contributed by atoms with Crippen molar-refractivity contribution < 1.29 is 4.79 Å². The van der Waals surface area contributed by atoms with E-state index in [0.29, 0.717) is 16.4 Å². The predicted molar refractivity (Wildman–Crippen MR) is 97.2 cm³/mol. The van der Waals surface area contributed by atoms with Crippen LogP contribution in [0.4, 0.5) is 5.69 Å². The molecule has 1 atom stereocenters. The van der Waals surface area contributed by atoms with Crippen molar-refractivity contribution in [1.82, 2.24) is 20.3 Å². The molecule has 0 saturated carbocycles. The Balaban J connectivity index is 1.91. The number of hydrogen-bond acceptors (Lipinski definition) is 5. The van der Waals surface area contributed by atoms with E-state index in [4.69, 9.17) is 5.73 Å². The number of nitrogens with zero attached hydrogens (tertiary/aromatic N) is 2. The van der Waals surface area contributed by atoms with Gasteiger partial charge in [0, 0.05) is 28.9 Å². The summed E-state index contributed by atoms with van der Waals surface area (Å²) in [7, 11) is 0. The molecule has 0 aliphatic carbocycles. The first-order valence-electron chi connectivity index (χ1n) is 7.77. The number of nitrogen functional groups attached to an aromatic ring is 1. The molecule has 0 aliphatic heterocycles. The van der Waals surface area contributed by atoms with Gasteiger partial charge in [0.25, 0.3) is 5.91 Å². The molecule has 1 amide bonds. The maximum atomic E-state index is 12.6. The van der Waals surface area contributed by atoms with E-state index in [9.17, 15) is 4.79 Å². The van der Waals surface area contributed by atoms with E-state index in [0.717, 1.165) is 15.9 Å². The molecular formula is C17H21N5OS. The fourth-order valence-corrected chi connectivity index (χ4v) is 3.43. The highest BCUT2D eigenvalue weighted by atomic mass is 32.1. The highest BCUT2D eigenvalue weighted by Gasteiger charge is 2.22. The van der Waals surface area contributed by atoms with Crippen LogP contribution < -0.4 is 11.1 Å². The average molecular weight is 343 g/mol. The molecule has 3 aromatic heterocycles. The molecule has 0 fully saturated rings. The number of nitrogens with two attached hydrogens (primary N) is 1. The lowest BCUT2D eigenvalue weighted by atomic mass is 9.91. The zero-order chi connectivity index (χ0) is 17.5. The molecule has 6 nitrogen and oxygen atoms in total. The summed E-state index contributed by atoms with van der Waals surface area (Å²) in [5.41, 5.74) is 7.58. The first kappa shape index (κ1) is 16.4. The third kappa shape index (κ3) is 2.99. The maximum Gasteiger partial charge on any atom is 0.264 e. The first-order valence-corrected chi connectivity index (χ1v) is 8.58. The fraction of sp³-hybridized carbons (Fsp3) is 0.353. The van der Waals surface area contributed by atoms with Gasteiger partial charge in [-0.1, -0.05) is 20.8 Å². The lowest BCUT2D eigenvalue weighted by molar-refractivity contribution is 0.0943. The molecule has 3 heterocycles. The molecule has 0 aromatic carbocycles. The number of anilines is 1. The molecule has 3 rings (SSSR count). The van der Waals surface area contributed by atoms with E-state index < -0.39 is 0 Å². The van der Waals surface area contributed by atoms with Gasteiger partial charge in [0.2, 0.25) is 0 Å². The SMILES string of the molecule is C[C@@H](NC(=O)c1sc2nc(C(C)(C)C)ccc2c1N)c1ncc[nH]1. The number of fused-ring (bicyclic) bond motifs is 1. The number of hydrogen-bond donors (Lipinski definition) is 3. The molecule has 4 N–H and O–H groups in total. The Morgan fingerprint density at radius 1 is 1.38 bits per heavy atom. The van der Waals surface area contributed by atoms with Gasteiger partial charge in [-0.05, 0) is 19.1 Å². The van der Waals surface area contributed by atoms with Gasteiger partial charge >= 0.3 is 0 Å². The summed E-state index contributed by atoms with van der Waals surface area (Å²) in [6.45, 7) is 8.20. The topological polar surface area (TPSA) is 96.7 Å². The number of imidazole rings is 1. The minimum absolute atomic E-state index is 0.0524. The van der Waals surface area contributed by atoms with Gasteiger partial charge in [0.15, 0.2) is 0 Å². The van der Waals surface area contributed by atoms with Crippen LogP contribution in [0.3, 0.4) is 0 Å². The third-order valence-electron chi connectivity index (χ3n) is 3.85. The molecule has 126 valence electrons.